The molecule has 0 aliphatic carbocycles. The lowest BCUT2D eigenvalue weighted by molar-refractivity contribution is -0.121. The second kappa shape index (κ2) is 6.91. The summed E-state index contributed by atoms with van der Waals surface area (Å²) in [6, 6.07) is 8.36. The molecule has 0 saturated heterocycles. The van der Waals surface area contributed by atoms with Crippen LogP contribution in [0.5, 0.6) is 0 Å². The molecule has 7 heteroatoms. The Morgan fingerprint density at radius 2 is 2.08 bits per heavy atom. The summed E-state index contributed by atoms with van der Waals surface area (Å²) in [5.74, 6) is -0.955. The second-order valence-electron chi connectivity index (χ2n) is 5.29. The fraction of sp³-hybridized carbons (Fsp3) is 0.176. The maximum atomic E-state index is 12.2. The molecule has 3 aromatic rings. The predicted octanol–water partition coefficient (Wildman–Crippen LogP) is 1.80. The number of amides is 1. The van der Waals surface area contributed by atoms with E-state index in [1.165, 1.54) is 6.07 Å². The number of rotatable bonds is 6. The van der Waals surface area contributed by atoms with Gasteiger partial charge in [-0.2, -0.15) is 0 Å². The fourth-order valence-electron chi connectivity index (χ4n) is 2.28. The number of carbonyl (C=O) groups excluding carboxylic acids is 2. The van der Waals surface area contributed by atoms with Crippen molar-refractivity contribution in [2.24, 2.45) is 0 Å². The normalized spacial score (nSPS) is 10.7. The summed E-state index contributed by atoms with van der Waals surface area (Å²) in [7, 11) is 0. The van der Waals surface area contributed by atoms with E-state index in [9.17, 15) is 14.4 Å². The number of pyridine rings is 1. The third-order valence-electron chi connectivity index (χ3n) is 3.53. The second-order valence-corrected chi connectivity index (χ2v) is 5.29. The number of fused-ring (bicyclic) bond motifs is 1. The van der Waals surface area contributed by atoms with Gasteiger partial charge in [-0.25, -0.2) is 4.79 Å². The molecule has 0 spiro atoms. The molecule has 0 aliphatic rings. The van der Waals surface area contributed by atoms with Gasteiger partial charge in [0.2, 0.25) is 5.91 Å². The van der Waals surface area contributed by atoms with E-state index in [0.717, 1.165) is 5.56 Å². The van der Waals surface area contributed by atoms with E-state index in [-0.39, 0.29) is 24.5 Å². The lowest BCUT2D eigenvalue weighted by Crippen LogP contribution is -2.23. The highest BCUT2D eigenvalue weighted by Crippen LogP contribution is 2.14. The van der Waals surface area contributed by atoms with Gasteiger partial charge in [-0.1, -0.05) is 6.07 Å². The molecular weight excluding hydrogens is 310 g/mol. The first-order chi connectivity index (χ1) is 11.6. The van der Waals surface area contributed by atoms with Gasteiger partial charge < -0.3 is 9.73 Å². The van der Waals surface area contributed by atoms with Gasteiger partial charge in [0.05, 0.1) is 5.52 Å². The van der Waals surface area contributed by atoms with Crippen molar-refractivity contribution < 1.29 is 14.0 Å². The van der Waals surface area contributed by atoms with Gasteiger partial charge in [0, 0.05) is 37.3 Å². The van der Waals surface area contributed by atoms with Crippen LogP contribution >= 0.6 is 0 Å². The van der Waals surface area contributed by atoms with Crippen LogP contribution in [0, 0.1) is 0 Å². The Kier molecular flexibility index (Phi) is 4.51. The molecule has 24 heavy (non-hydrogen) atoms. The van der Waals surface area contributed by atoms with E-state index in [1.807, 2.05) is 6.07 Å². The minimum Gasteiger partial charge on any atom is -0.408 e. The van der Waals surface area contributed by atoms with Gasteiger partial charge in [0.1, 0.15) is 0 Å². The molecule has 0 unspecified atom stereocenters. The summed E-state index contributed by atoms with van der Waals surface area (Å²) < 4.78 is 4.92. The van der Waals surface area contributed by atoms with E-state index in [1.54, 1.807) is 30.6 Å². The first-order valence-corrected chi connectivity index (χ1v) is 7.43. The monoisotopic (exact) mass is 325 g/mol. The number of Topliss-reactive ketones (excluding diaryl/α,β-unsaturated/α-hetero) is 1. The minimum atomic E-state index is -0.565. The number of oxazole rings is 1. The molecule has 0 fully saturated rings. The van der Waals surface area contributed by atoms with Gasteiger partial charge >= 0.3 is 5.76 Å². The van der Waals surface area contributed by atoms with Crippen LogP contribution in [0.25, 0.3) is 11.1 Å². The molecule has 0 radical (unpaired) electrons. The number of ketones is 1. The Bertz CT molecular complexity index is 928. The van der Waals surface area contributed by atoms with Crippen LogP contribution in [-0.2, 0) is 11.3 Å². The van der Waals surface area contributed by atoms with Crippen molar-refractivity contribution in [3.05, 3.63) is 64.4 Å². The molecule has 2 aromatic heterocycles. The number of carbonyl (C=O) groups is 2. The Morgan fingerprint density at radius 3 is 2.88 bits per heavy atom. The number of hydrogen-bond donors (Lipinski definition) is 2. The quantitative estimate of drug-likeness (QED) is 0.672. The Balaban J connectivity index is 1.54. The molecular formula is C17H15N3O4. The summed E-state index contributed by atoms with van der Waals surface area (Å²) >= 11 is 0. The molecule has 0 atom stereocenters. The number of nitrogens with one attached hydrogen (secondary N) is 2. The lowest BCUT2D eigenvalue weighted by Gasteiger charge is -2.05. The summed E-state index contributed by atoms with van der Waals surface area (Å²) in [5.41, 5.74) is 2.16. The molecule has 1 aromatic carbocycles. The molecule has 0 saturated carbocycles. The van der Waals surface area contributed by atoms with E-state index in [2.05, 4.69) is 15.3 Å². The highest BCUT2D eigenvalue weighted by molar-refractivity contribution is 6.00. The number of hydrogen-bond acceptors (Lipinski definition) is 5. The first-order valence-electron chi connectivity index (χ1n) is 7.43. The Labute approximate surface area is 136 Å². The van der Waals surface area contributed by atoms with Crippen LogP contribution in [0.1, 0.15) is 28.8 Å². The van der Waals surface area contributed by atoms with Gasteiger partial charge in [0.15, 0.2) is 11.4 Å². The van der Waals surface area contributed by atoms with Crippen molar-refractivity contribution in [2.75, 3.05) is 0 Å². The van der Waals surface area contributed by atoms with Gasteiger partial charge in [-0.05, 0) is 29.8 Å². The smallest absolute Gasteiger partial charge is 0.408 e. The van der Waals surface area contributed by atoms with Crippen molar-refractivity contribution in [3.8, 4) is 0 Å². The zero-order chi connectivity index (χ0) is 16.9. The summed E-state index contributed by atoms with van der Waals surface area (Å²) in [6.07, 6.45) is 3.51. The van der Waals surface area contributed by atoms with Crippen molar-refractivity contribution in [1.29, 1.82) is 0 Å². The number of H-pyrrole nitrogens is 1. The average Bonchev–Trinajstić information content (AvgIpc) is 2.97. The number of aromatic nitrogens is 2. The predicted molar refractivity (Wildman–Crippen MR) is 86.5 cm³/mol. The Hall–Kier alpha value is -3.22. The summed E-state index contributed by atoms with van der Waals surface area (Å²) in [4.78, 5) is 41.6. The van der Waals surface area contributed by atoms with E-state index in [4.69, 9.17) is 4.42 Å². The van der Waals surface area contributed by atoms with Crippen molar-refractivity contribution >= 4 is 22.8 Å². The third kappa shape index (κ3) is 3.75. The zero-order valence-corrected chi connectivity index (χ0v) is 12.7. The molecule has 2 heterocycles. The summed E-state index contributed by atoms with van der Waals surface area (Å²) in [5, 5.41) is 2.74. The fourth-order valence-corrected chi connectivity index (χ4v) is 2.28. The SMILES string of the molecule is O=C(CCC(=O)c1ccc2[nH]c(=O)oc2c1)NCc1cccnc1. The first kappa shape index (κ1) is 15.7. The molecule has 122 valence electrons. The van der Waals surface area contributed by atoms with Crippen LogP contribution in [0.15, 0.2) is 51.9 Å². The van der Waals surface area contributed by atoms with Gasteiger partial charge in [-0.3, -0.25) is 19.6 Å². The van der Waals surface area contributed by atoms with Gasteiger partial charge in [-0.15, -0.1) is 0 Å². The Morgan fingerprint density at radius 1 is 1.21 bits per heavy atom. The van der Waals surface area contributed by atoms with E-state index < -0.39 is 5.76 Å². The molecule has 3 rings (SSSR count). The van der Waals surface area contributed by atoms with Crippen molar-refractivity contribution in [3.63, 3.8) is 0 Å². The average molecular weight is 325 g/mol. The van der Waals surface area contributed by atoms with Crippen LogP contribution in [0.3, 0.4) is 0 Å². The lowest BCUT2D eigenvalue weighted by atomic mass is 10.1. The molecule has 0 bridgehead atoms. The highest BCUT2D eigenvalue weighted by atomic mass is 16.4. The topological polar surface area (TPSA) is 105 Å². The highest BCUT2D eigenvalue weighted by Gasteiger charge is 2.11. The summed E-state index contributed by atoms with van der Waals surface area (Å²) in [6.45, 7) is 0.376. The number of nitrogens with zero attached hydrogens (tertiary/aromatic N) is 1. The molecule has 2 N–H and O–H groups in total. The van der Waals surface area contributed by atoms with Crippen LogP contribution in [0.4, 0.5) is 0 Å². The largest absolute Gasteiger partial charge is 0.417 e. The minimum absolute atomic E-state index is 0.0824. The van der Waals surface area contributed by atoms with Crippen LogP contribution in [-0.4, -0.2) is 21.7 Å². The maximum Gasteiger partial charge on any atom is 0.417 e. The van der Waals surface area contributed by atoms with E-state index in [0.29, 0.717) is 23.2 Å². The molecule has 1 amide bonds. The molecule has 7 nitrogen and oxygen atoms in total. The maximum absolute atomic E-state index is 12.2. The number of aromatic amines is 1. The standard InChI is InChI=1S/C17H15N3O4/c21-14(12-3-4-13-15(8-12)24-17(23)20-13)5-6-16(22)19-10-11-2-1-7-18-9-11/h1-4,7-9H,5-6,10H2,(H,19,22)(H,20,23). The van der Waals surface area contributed by atoms with Gasteiger partial charge in [0.25, 0.3) is 0 Å². The van der Waals surface area contributed by atoms with Crippen LogP contribution < -0.4 is 11.1 Å². The van der Waals surface area contributed by atoms with Crippen molar-refractivity contribution in [1.82, 2.24) is 15.3 Å². The van der Waals surface area contributed by atoms with Crippen LogP contribution in [0.2, 0.25) is 0 Å². The molecule has 0 aliphatic heterocycles. The number of benzene rings is 1. The zero-order valence-electron chi connectivity index (χ0n) is 12.7. The third-order valence-corrected chi connectivity index (χ3v) is 3.53. The van der Waals surface area contributed by atoms with Crippen molar-refractivity contribution in [2.45, 2.75) is 19.4 Å². The van der Waals surface area contributed by atoms with E-state index >= 15 is 0 Å².